The molecule has 2 aliphatic heterocycles. The minimum atomic E-state index is 0.461. The number of ether oxygens (including phenoxy) is 1. The molecule has 0 saturated carbocycles. The van der Waals surface area contributed by atoms with E-state index in [2.05, 4.69) is 77.2 Å². The first-order valence-corrected chi connectivity index (χ1v) is 11.2. The molecule has 3 heterocycles. The Bertz CT molecular complexity index is 1010. The Morgan fingerprint density at radius 1 is 0.800 bits per heavy atom. The number of anilines is 2. The van der Waals surface area contributed by atoms with Crippen molar-refractivity contribution < 1.29 is 4.74 Å². The van der Waals surface area contributed by atoms with Gasteiger partial charge in [-0.05, 0) is 65.8 Å². The van der Waals surface area contributed by atoms with E-state index in [1.54, 1.807) is 0 Å². The van der Waals surface area contributed by atoms with Gasteiger partial charge in [-0.1, -0.05) is 26.0 Å². The number of hydrogen-bond acceptors (Lipinski definition) is 4. The molecule has 3 aromatic rings. The second-order valence-corrected chi connectivity index (χ2v) is 9.36. The molecule has 0 radical (unpaired) electrons. The van der Waals surface area contributed by atoms with Crippen molar-refractivity contribution in [3.63, 3.8) is 0 Å². The number of aromatic nitrogens is 1. The van der Waals surface area contributed by atoms with Crippen LogP contribution < -0.4 is 9.80 Å². The van der Waals surface area contributed by atoms with E-state index in [-0.39, 0.29) is 0 Å². The first kappa shape index (κ1) is 19.4. The normalized spacial score (nSPS) is 19.3. The number of pyridine rings is 1. The fourth-order valence-electron chi connectivity index (χ4n) is 4.63. The molecule has 5 rings (SSSR count). The Labute approximate surface area is 179 Å². The van der Waals surface area contributed by atoms with Crippen LogP contribution in [0.3, 0.4) is 0 Å². The standard InChI is InChI=1S/C26H31N3O/c1-26(2)10-13-28(14-11-26)22-7-8-25-24(19-22)23(9-12-27-25)20-3-5-21(6-4-20)29-15-17-30-18-16-29/h3-9,12,19H,10-11,13-18H2,1-2H3. The smallest absolute Gasteiger partial charge is 0.0709 e. The van der Waals surface area contributed by atoms with Crippen LogP contribution in [-0.4, -0.2) is 44.4 Å². The number of nitrogens with zero attached hydrogens (tertiary/aromatic N) is 3. The van der Waals surface area contributed by atoms with Crippen LogP contribution in [0.2, 0.25) is 0 Å². The highest BCUT2D eigenvalue weighted by atomic mass is 16.5. The minimum absolute atomic E-state index is 0.461. The van der Waals surface area contributed by atoms with Crippen molar-refractivity contribution in [3.8, 4) is 11.1 Å². The fourth-order valence-corrected chi connectivity index (χ4v) is 4.63. The molecule has 1 aromatic heterocycles. The van der Waals surface area contributed by atoms with Crippen LogP contribution in [0.1, 0.15) is 26.7 Å². The van der Waals surface area contributed by atoms with Crippen LogP contribution in [0.25, 0.3) is 22.0 Å². The minimum Gasteiger partial charge on any atom is -0.378 e. The molecular weight excluding hydrogens is 370 g/mol. The number of morpholine rings is 1. The van der Waals surface area contributed by atoms with Gasteiger partial charge in [0.15, 0.2) is 0 Å². The summed E-state index contributed by atoms with van der Waals surface area (Å²) in [4.78, 5) is 9.55. The molecule has 4 heteroatoms. The quantitative estimate of drug-likeness (QED) is 0.590. The zero-order valence-corrected chi connectivity index (χ0v) is 18.1. The lowest BCUT2D eigenvalue weighted by atomic mass is 9.82. The number of benzene rings is 2. The molecule has 2 saturated heterocycles. The summed E-state index contributed by atoms with van der Waals surface area (Å²) in [5, 5.41) is 1.24. The monoisotopic (exact) mass is 401 g/mol. The first-order valence-electron chi connectivity index (χ1n) is 11.2. The molecule has 0 atom stereocenters. The maximum Gasteiger partial charge on any atom is 0.0709 e. The zero-order chi connectivity index (χ0) is 20.6. The van der Waals surface area contributed by atoms with E-state index in [0.717, 1.165) is 44.9 Å². The summed E-state index contributed by atoms with van der Waals surface area (Å²) in [6.07, 6.45) is 4.42. The summed E-state index contributed by atoms with van der Waals surface area (Å²) in [5.74, 6) is 0. The van der Waals surface area contributed by atoms with Gasteiger partial charge in [0.2, 0.25) is 0 Å². The fraction of sp³-hybridized carbons (Fsp3) is 0.423. The van der Waals surface area contributed by atoms with Gasteiger partial charge in [-0.25, -0.2) is 0 Å². The molecule has 2 aliphatic rings. The van der Waals surface area contributed by atoms with Gasteiger partial charge < -0.3 is 14.5 Å². The Morgan fingerprint density at radius 2 is 1.47 bits per heavy atom. The predicted octanol–water partition coefficient (Wildman–Crippen LogP) is 5.36. The highest BCUT2D eigenvalue weighted by molar-refractivity contribution is 5.96. The highest BCUT2D eigenvalue weighted by Gasteiger charge is 2.25. The molecule has 0 spiro atoms. The molecule has 2 fully saturated rings. The van der Waals surface area contributed by atoms with E-state index < -0.39 is 0 Å². The van der Waals surface area contributed by atoms with Crippen LogP contribution in [0.5, 0.6) is 0 Å². The van der Waals surface area contributed by atoms with Crippen LogP contribution in [0, 0.1) is 5.41 Å². The molecule has 0 N–H and O–H groups in total. The van der Waals surface area contributed by atoms with E-state index in [9.17, 15) is 0 Å². The molecule has 2 aromatic carbocycles. The molecule has 30 heavy (non-hydrogen) atoms. The SMILES string of the molecule is CC1(C)CCN(c2ccc3nccc(-c4ccc(N5CCOCC5)cc4)c3c2)CC1. The lowest BCUT2D eigenvalue weighted by molar-refractivity contribution is 0.122. The van der Waals surface area contributed by atoms with Gasteiger partial charge in [0.1, 0.15) is 0 Å². The predicted molar refractivity (Wildman–Crippen MR) is 125 cm³/mol. The molecule has 0 amide bonds. The van der Waals surface area contributed by atoms with Gasteiger partial charge in [-0.15, -0.1) is 0 Å². The first-order chi connectivity index (χ1) is 14.6. The molecule has 156 valence electrons. The lowest BCUT2D eigenvalue weighted by Gasteiger charge is -2.38. The Balaban J connectivity index is 1.45. The van der Waals surface area contributed by atoms with Gasteiger partial charge >= 0.3 is 0 Å². The Kier molecular flexibility index (Phi) is 5.11. The summed E-state index contributed by atoms with van der Waals surface area (Å²) in [6, 6.07) is 17.9. The van der Waals surface area contributed by atoms with Crippen molar-refractivity contribution in [2.45, 2.75) is 26.7 Å². The van der Waals surface area contributed by atoms with E-state index in [1.165, 1.54) is 40.7 Å². The third-order valence-corrected chi connectivity index (χ3v) is 6.76. The van der Waals surface area contributed by atoms with Gasteiger partial charge in [0.05, 0.1) is 18.7 Å². The summed E-state index contributed by atoms with van der Waals surface area (Å²) in [6.45, 7) is 10.6. The highest BCUT2D eigenvalue weighted by Crippen LogP contribution is 2.35. The largest absolute Gasteiger partial charge is 0.378 e. The third kappa shape index (κ3) is 3.89. The van der Waals surface area contributed by atoms with Crippen LogP contribution in [0.15, 0.2) is 54.7 Å². The lowest BCUT2D eigenvalue weighted by Crippen LogP contribution is -2.37. The van der Waals surface area contributed by atoms with Gasteiger partial charge in [0.25, 0.3) is 0 Å². The van der Waals surface area contributed by atoms with Crippen LogP contribution >= 0.6 is 0 Å². The molecular formula is C26H31N3O. The number of hydrogen-bond donors (Lipinski definition) is 0. The molecule has 4 nitrogen and oxygen atoms in total. The van der Waals surface area contributed by atoms with E-state index in [1.807, 2.05) is 6.20 Å². The maximum absolute atomic E-state index is 5.48. The van der Waals surface area contributed by atoms with Gasteiger partial charge in [0, 0.05) is 49.1 Å². The zero-order valence-electron chi connectivity index (χ0n) is 18.1. The van der Waals surface area contributed by atoms with Crippen molar-refractivity contribution in [1.82, 2.24) is 4.98 Å². The summed E-state index contributed by atoms with van der Waals surface area (Å²) >= 11 is 0. The van der Waals surface area contributed by atoms with Gasteiger partial charge in [-0.3, -0.25) is 4.98 Å². The second-order valence-electron chi connectivity index (χ2n) is 9.36. The van der Waals surface area contributed by atoms with Crippen molar-refractivity contribution in [2.75, 3.05) is 49.2 Å². The van der Waals surface area contributed by atoms with Crippen molar-refractivity contribution in [1.29, 1.82) is 0 Å². The average molecular weight is 402 g/mol. The van der Waals surface area contributed by atoms with Gasteiger partial charge in [-0.2, -0.15) is 0 Å². The van der Waals surface area contributed by atoms with E-state index >= 15 is 0 Å². The number of fused-ring (bicyclic) bond motifs is 1. The molecule has 0 aliphatic carbocycles. The second kappa shape index (κ2) is 7.92. The topological polar surface area (TPSA) is 28.6 Å². The number of rotatable bonds is 3. The van der Waals surface area contributed by atoms with Crippen molar-refractivity contribution in [2.24, 2.45) is 5.41 Å². The summed E-state index contributed by atoms with van der Waals surface area (Å²) in [5.41, 5.74) is 6.62. The average Bonchev–Trinajstić information content (AvgIpc) is 2.79. The summed E-state index contributed by atoms with van der Waals surface area (Å²) < 4.78 is 5.48. The maximum atomic E-state index is 5.48. The Morgan fingerprint density at radius 3 is 2.20 bits per heavy atom. The third-order valence-electron chi connectivity index (χ3n) is 6.76. The summed E-state index contributed by atoms with van der Waals surface area (Å²) in [7, 11) is 0. The Hall–Kier alpha value is -2.59. The number of piperidine rings is 1. The molecule has 0 bridgehead atoms. The van der Waals surface area contributed by atoms with E-state index in [0.29, 0.717) is 5.41 Å². The van der Waals surface area contributed by atoms with Crippen molar-refractivity contribution >= 4 is 22.3 Å². The molecule has 0 unspecified atom stereocenters. The van der Waals surface area contributed by atoms with Crippen molar-refractivity contribution in [3.05, 3.63) is 54.7 Å². The van der Waals surface area contributed by atoms with Crippen LogP contribution in [0.4, 0.5) is 11.4 Å². The van der Waals surface area contributed by atoms with E-state index in [4.69, 9.17) is 4.74 Å². The van der Waals surface area contributed by atoms with Crippen LogP contribution in [-0.2, 0) is 4.74 Å².